The van der Waals surface area contributed by atoms with Crippen LogP contribution in [0.2, 0.25) is 0 Å². The number of carbonyl (C=O) groups excluding carboxylic acids is 1. The minimum Gasteiger partial charge on any atom is -0.392 e. The number of rotatable bonds is 4. The fourth-order valence-corrected chi connectivity index (χ4v) is 2.87. The summed E-state index contributed by atoms with van der Waals surface area (Å²) in [5.74, 6) is 0.337. The summed E-state index contributed by atoms with van der Waals surface area (Å²) in [6, 6.07) is 12.4. The Morgan fingerprint density at radius 2 is 1.74 bits per heavy atom. The molecule has 0 spiro atoms. The molecule has 0 saturated heterocycles. The second-order valence-corrected chi connectivity index (χ2v) is 8.06. The highest BCUT2D eigenvalue weighted by Gasteiger charge is 2.30. The van der Waals surface area contributed by atoms with Gasteiger partial charge in [0.1, 0.15) is 5.82 Å². The summed E-state index contributed by atoms with van der Waals surface area (Å²) in [6.45, 7) is 5.75. The van der Waals surface area contributed by atoms with E-state index in [2.05, 4.69) is 15.7 Å². The van der Waals surface area contributed by atoms with Gasteiger partial charge in [0.2, 0.25) is 0 Å². The zero-order valence-electron chi connectivity index (χ0n) is 17.3. The maximum atomic E-state index is 12.9. The molecule has 0 fully saturated rings. The molecule has 1 aromatic heterocycles. The van der Waals surface area contributed by atoms with Crippen LogP contribution in [0.25, 0.3) is 5.69 Å². The van der Waals surface area contributed by atoms with Crippen molar-refractivity contribution in [2.75, 3.05) is 10.6 Å². The van der Waals surface area contributed by atoms with Gasteiger partial charge in [0.15, 0.2) is 0 Å². The van der Waals surface area contributed by atoms with Gasteiger partial charge in [0, 0.05) is 17.2 Å². The lowest BCUT2D eigenvalue weighted by molar-refractivity contribution is -0.137. The van der Waals surface area contributed by atoms with Crippen molar-refractivity contribution >= 4 is 17.5 Å². The molecule has 0 radical (unpaired) electrons. The number of aliphatic hydroxyl groups is 1. The Bertz CT molecular complexity index is 1080. The molecule has 1 heterocycles. The van der Waals surface area contributed by atoms with Crippen molar-refractivity contribution in [2.24, 2.45) is 0 Å². The molecule has 0 bridgehead atoms. The molecule has 3 aromatic rings. The minimum atomic E-state index is -4.51. The number of halogens is 3. The average molecular weight is 432 g/mol. The molecule has 0 aliphatic rings. The standard InChI is InChI=1S/C22H23F3N4O2/c1-21(2,3)18-12-19(29(28-18)17-9-4-6-14(10-17)13-30)27-20(31)26-16-8-5-7-15(11-16)22(23,24)25/h4-12,30H,13H2,1-3H3,(H2,26,27,31). The first-order chi connectivity index (χ1) is 14.5. The summed E-state index contributed by atoms with van der Waals surface area (Å²) in [6.07, 6.45) is -4.51. The first kappa shape index (κ1) is 22.4. The number of hydrogen-bond donors (Lipinski definition) is 3. The van der Waals surface area contributed by atoms with Gasteiger partial charge in [-0.25, -0.2) is 9.48 Å². The lowest BCUT2D eigenvalue weighted by atomic mass is 9.92. The van der Waals surface area contributed by atoms with Crippen LogP contribution in [0.15, 0.2) is 54.6 Å². The van der Waals surface area contributed by atoms with Crippen LogP contribution in [0.3, 0.4) is 0 Å². The van der Waals surface area contributed by atoms with Crippen LogP contribution < -0.4 is 10.6 Å². The molecule has 0 aliphatic heterocycles. The van der Waals surface area contributed by atoms with Crippen LogP contribution in [-0.2, 0) is 18.2 Å². The summed E-state index contributed by atoms with van der Waals surface area (Å²) in [5.41, 5.74) is 0.841. The smallest absolute Gasteiger partial charge is 0.392 e. The molecule has 6 nitrogen and oxygen atoms in total. The van der Waals surface area contributed by atoms with E-state index in [4.69, 9.17) is 0 Å². The summed E-state index contributed by atoms with van der Waals surface area (Å²) in [7, 11) is 0. The number of alkyl halides is 3. The molecule has 2 aromatic carbocycles. The number of carbonyl (C=O) groups is 1. The number of anilines is 2. The number of nitrogens with one attached hydrogen (secondary N) is 2. The fourth-order valence-electron chi connectivity index (χ4n) is 2.87. The Balaban J connectivity index is 1.90. The highest BCUT2D eigenvalue weighted by atomic mass is 19.4. The van der Waals surface area contributed by atoms with Crippen molar-refractivity contribution in [2.45, 2.75) is 39.0 Å². The quantitative estimate of drug-likeness (QED) is 0.522. The maximum absolute atomic E-state index is 12.9. The zero-order valence-corrected chi connectivity index (χ0v) is 17.3. The maximum Gasteiger partial charge on any atom is 0.416 e. The van der Waals surface area contributed by atoms with Crippen molar-refractivity contribution < 1.29 is 23.1 Å². The molecule has 2 amide bonds. The van der Waals surface area contributed by atoms with Gasteiger partial charge in [-0.15, -0.1) is 0 Å². The molecule has 0 saturated carbocycles. The lowest BCUT2D eigenvalue weighted by Gasteiger charge is -2.14. The number of urea groups is 1. The largest absolute Gasteiger partial charge is 0.416 e. The number of aliphatic hydroxyl groups excluding tert-OH is 1. The van der Waals surface area contributed by atoms with Gasteiger partial charge in [-0.1, -0.05) is 39.0 Å². The van der Waals surface area contributed by atoms with Crippen LogP contribution in [0.5, 0.6) is 0 Å². The van der Waals surface area contributed by atoms with Crippen molar-refractivity contribution in [3.8, 4) is 5.69 Å². The van der Waals surface area contributed by atoms with Gasteiger partial charge in [0.25, 0.3) is 0 Å². The monoisotopic (exact) mass is 432 g/mol. The number of hydrogen-bond acceptors (Lipinski definition) is 3. The number of nitrogens with zero attached hydrogens (tertiary/aromatic N) is 2. The second-order valence-electron chi connectivity index (χ2n) is 8.06. The van der Waals surface area contributed by atoms with Crippen LogP contribution in [0.4, 0.5) is 29.5 Å². The summed E-state index contributed by atoms with van der Waals surface area (Å²) < 4.78 is 40.3. The Labute approximate surface area is 177 Å². The van der Waals surface area contributed by atoms with Crippen LogP contribution in [0, 0.1) is 0 Å². The van der Waals surface area contributed by atoms with Gasteiger partial charge >= 0.3 is 12.2 Å². The Hall–Kier alpha value is -3.33. The SMILES string of the molecule is CC(C)(C)c1cc(NC(=O)Nc2cccc(C(F)(F)F)c2)n(-c2cccc(CO)c2)n1. The lowest BCUT2D eigenvalue weighted by Crippen LogP contribution is -2.21. The summed E-state index contributed by atoms with van der Waals surface area (Å²) in [4.78, 5) is 12.5. The van der Waals surface area contributed by atoms with Gasteiger partial charge in [-0.3, -0.25) is 5.32 Å². The third-order valence-electron chi connectivity index (χ3n) is 4.50. The van der Waals surface area contributed by atoms with Crippen molar-refractivity contribution in [3.05, 3.63) is 71.4 Å². The van der Waals surface area contributed by atoms with Gasteiger partial charge in [0.05, 0.1) is 23.6 Å². The van der Waals surface area contributed by atoms with Crippen LogP contribution in [-0.4, -0.2) is 20.9 Å². The molecule has 3 N–H and O–H groups in total. The van der Waals surface area contributed by atoms with E-state index in [1.165, 1.54) is 16.8 Å². The van der Waals surface area contributed by atoms with Crippen LogP contribution >= 0.6 is 0 Å². The third-order valence-corrected chi connectivity index (χ3v) is 4.50. The normalized spacial score (nSPS) is 12.0. The van der Waals surface area contributed by atoms with E-state index in [1.54, 1.807) is 30.3 Å². The minimum absolute atomic E-state index is 0.0108. The highest BCUT2D eigenvalue weighted by molar-refractivity contribution is 5.99. The number of amides is 2. The first-order valence-electron chi connectivity index (χ1n) is 9.53. The molecule has 0 unspecified atom stereocenters. The summed E-state index contributed by atoms with van der Waals surface area (Å²) in [5, 5.41) is 19.1. The molecule has 3 rings (SSSR count). The van der Waals surface area contributed by atoms with Crippen molar-refractivity contribution in [3.63, 3.8) is 0 Å². The Kier molecular flexibility index (Phi) is 6.08. The molecule has 31 heavy (non-hydrogen) atoms. The predicted molar refractivity (Wildman–Crippen MR) is 112 cm³/mol. The molecular weight excluding hydrogens is 409 g/mol. The topological polar surface area (TPSA) is 79.2 Å². The molecular formula is C22H23F3N4O2. The fraction of sp³-hybridized carbons (Fsp3) is 0.273. The van der Waals surface area contributed by atoms with E-state index in [0.717, 1.165) is 12.1 Å². The molecule has 0 atom stereocenters. The van der Waals surface area contributed by atoms with E-state index < -0.39 is 17.8 Å². The summed E-state index contributed by atoms with van der Waals surface area (Å²) >= 11 is 0. The van der Waals surface area contributed by atoms with Crippen molar-refractivity contribution in [1.29, 1.82) is 0 Å². The third kappa shape index (κ3) is 5.43. The average Bonchev–Trinajstić information content (AvgIpc) is 3.11. The van der Waals surface area contributed by atoms with Crippen molar-refractivity contribution in [1.82, 2.24) is 9.78 Å². The first-order valence-corrected chi connectivity index (χ1v) is 9.53. The second kappa shape index (κ2) is 8.43. The molecule has 164 valence electrons. The zero-order chi connectivity index (χ0) is 22.8. The predicted octanol–water partition coefficient (Wildman–Crippen LogP) is 5.32. The van der Waals surface area contributed by atoms with Crippen LogP contribution in [0.1, 0.15) is 37.6 Å². The molecule has 9 heteroatoms. The Morgan fingerprint density at radius 3 is 2.39 bits per heavy atom. The van der Waals surface area contributed by atoms with Gasteiger partial charge < -0.3 is 10.4 Å². The van der Waals surface area contributed by atoms with E-state index in [0.29, 0.717) is 22.8 Å². The number of benzene rings is 2. The van der Waals surface area contributed by atoms with Gasteiger partial charge in [-0.2, -0.15) is 18.3 Å². The van der Waals surface area contributed by atoms with E-state index in [9.17, 15) is 23.1 Å². The van der Waals surface area contributed by atoms with E-state index >= 15 is 0 Å². The van der Waals surface area contributed by atoms with E-state index in [-0.39, 0.29) is 17.7 Å². The molecule has 0 aliphatic carbocycles. The van der Waals surface area contributed by atoms with E-state index in [1.807, 2.05) is 20.8 Å². The number of aromatic nitrogens is 2. The Morgan fingerprint density at radius 1 is 1.03 bits per heavy atom. The van der Waals surface area contributed by atoms with Gasteiger partial charge in [-0.05, 0) is 35.9 Å². The highest BCUT2D eigenvalue weighted by Crippen LogP contribution is 2.31.